The van der Waals surface area contributed by atoms with Crippen molar-refractivity contribution in [2.75, 3.05) is 19.8 Å². The van der Waals surface area contributed by atoms with E-state index < -0.39 is 0 Å². The Morgan fingerprint density at radius 3 is 2.65 bits per heavy atom. The Labute approximate surface area is 149 Å². The van der Waals surface area contributed by atoms with E-state index in [0.29, 0.717) is 22.2 Å². The van der Waals surface area contributed by atoms with Crippen LogP contribution in [0.15, 0.2) is 35.7 Å². The summed E-state index contributed by atoms with van der Waals surface area (Å²) in [5.74, 6) is -0.133. The number of rotatable bonds is 4. The highest BCUT2D eigenvalue weighted by Gasteiger charge is 2.35. The molecule has 1 aromatic heterocycles. The lowest BCUT2D eigenvalue weighted by Gasteiger charge is -2.36. The number of thiophene rings is 1. The minimum Gasteiger partial charge on any atom is -0.381 e. The van der Waals surface area contributed by atoms with Crippen LogP contribution in [0.1, 0.15) is 28.1 Å². The van der Waals surface area contributed by atoms with E-state index in [1.165, 1.54) is 4.88 Å². The average molecular weight is 370 g/mol. The number of hydrogen-bond acceptors (Lipinski definition) is 3. The number of amides is 1. The summed E-state index contributed by atoms with van der Waals surface area (Å²) in [7, 11) is 0. The van der Waals surface area contributed by atoms with Crippen LogP contribution in [0.3, 0.4) is 0 Å². The molecule has 0 spiro atoms. The van der Waals surface area contributed by atoms with Gasteiger partial charge in [-0.3, -0.25) is 4.79 Å². The third-order valence-electron chi connectivity index (χ3n) is 4.26. The second kappa shape index (κ2) is 7.22. The molecule has 23 heavy (non-hydrogen) atoms. The minimum atomic E-state index is -0.133. The first-order chi connectivity index (χ1) is 11.1. The first-order valence-electron chi connectivity index (χ1n) is 7.46. The molecule has 3 nitrogen and oxygen atoms in total. The van der Waals surface area contributed by atoms with Gasteiger partial charge in [-0.15, -0.1) is 11.3 Å². The van der Waals surface area contributed by atoms with E-state index in [-0.39, 0.29) is 11.3 Å². The van der Waals surface area contributed by atoms with Gasteiger partial charge in [0.1, 0.15) is 0 Å². The van der Waals surface area contributed by atoms with Crippen molar-refractivity contribution >= 4 is 40.4 Å². The Morgan fingerprint density at radius 2 is 2.00 bits per heavy atom. The molecule has 1 saturated heterocycles. The molecule has 1 fully saturated rings. The number of benzene rings is 1. The van der Waals surface area contributed by atoms with Crippen LogP contribution in [0.4, 0.5) is 0 Å². The molecule has 2 heterocycles. The molecule has 0 bridgehead atoms. The minimum absolute atomic E-state index is 0.0434. The van der Waals surface area contributed by atoms with E-state index in [1.807, 2.05) is 0 Å². The zero-order valence-corrected chi connectivity index (χ0v) is 14.8. The molecule has 1 N–H and O–H groups in total. The molecule has 0 saturated carbocycles. The molecule has 0 radical (unpaired) electrons. The largest absolute Gasteiger partial charge is 0.381 e. The van der Waals surface area contributed by atoms with Crippen molar-refractivity contribution in [2.45, 2.75) is 18.3 Å². The van der Waals surface area contributed by atoms with Gasteiger partial charge in [0.15, 0.2) is 0 Å². The van der Waals surface area contributed by atoms with Crippen LogP contribution in [0.5, 0.6) is 0 Å². The third kappa shape index (κ3) is 3.72. The Hall–Kier alpha value is -1.07. The van der Waals surface area contributed by atoms with Crippen molar-refractivity contribution in [2.24, 2.45) is 0 Å². The molecule has 1 aliphatic heterocycles. The van der Waals surface area contributed by atoms with E-state index in [0.717, 1.165) is 26.1 Å². The van der Waals surface area contributed by atoms with Gasteiger partial charge in [-0.25, -0.2) is 0 Å². The van der Waals surface area contributed by atoms with Crippen LogP contribution >= 0.6 is 34.5 Å². The summed E-state index contributed by atoms with van der Waals surface area (Å²) in [6.45, 7) is 2.04. The van der Waals surface area contributed by atoms with Crippen LogP contribution in [-0.2, 0) is 10.2 Å². The van der Waals surface area contributed by atoms with Crippen molar-refractivity contribution in [1.82, 2.24) is 5.32 Å². The highest BCUT2D eigenvalue weighted by molar-refractivity contribution is 7.10. The predicted molar refractivity (Wildman–Crippen MR) is 94.8 cm³/mol. The fraction of sp³-hybridized carbons (Fsp3) is 0.353. The van der Waals surface area contributed by atoms with Crippen molar-refractivity contribution in [3.05, 3.63) is 56.2 Å². The van der Waals surface area contributed by atoms with Crippen molar-refractivity contribution in [3.63, 3.8) is 0 Å². The van der Waals surface area contributed by atoms with Crippen LogP contribution < -0.4 is 5.32 Å². The van der Waals surface area contributed by atoms with Gasteiger partial charge in [-0.1, -0.05) is 29.3 Å². The van der Waals surface area contributed by atoms with Gasteiger partial charge in [0.05, 0.1) is 10.0 Å². The quantitative estimate of drug-likeness (QED) is 0.859. The summed E-state index contributed by atoms with van der Waals surface area (Å²) >= 11 is 13.6. The Kier molecular flexibility index (Phi) is 5.27. The summed E-state index contributed by atoms with van der Waals surface area (Å²) in [5, 5.41) is 5.97. The topological polar surface area (TPSA) is 38.3 Å². The fourth-order valence-corrected chi connectivity index (χ4v) is 4.13. The van der Waals surface area contributed by atoms with Crippen molar-refractivity contribution in [1.29, 1.82) is 0 Å². The second-order valence-corrected chi connectivity index (χ2v) is 7.44. The third-order valence-corrected chi connectivity index (χ3v) is 6.12. The monoisotopic (exact) mass is 369 g/mol. The maximum atomic E-state index is 12.4. The standard InChI is InChI=1S/C17H17Cl2NO2S/c18-13-4-3-12(10-14(13)19)16(21)20-11-17(5-7-22-8-6-17)15-2-1-9-23-15/h1-4,9-10H,5-8,11H2,(H,20,21). The molecular formula is C17H17Cl2NO2S. The summed E-state index contributed by atoms with van der Waals surface area (Å²) in [4.78, 5) is 13.7. The number of nitrogens with one attached hydrogen (secondary N) is 1. The first kappa shape index (κ1) is 16.8. The number of halogens is 2. The lowest BCUT2D eigenvalue weighted by Crippen LogP contribution is -2.44. The van der Waals surface area contributed by atoms with Gasteiger partial charge in [-0.2, -0.15) is 0 Å². The number of ether oxygens (including phenoxy) is 1. The number of carbonyl (C=O) groups excluding carboxylic acids is 1. The maximum absolute atomic E-state index is 12.4. The lowest BCUT2D eigenvalue weighted by atomic mass is 9.78. The number of carbonyl (C=O) groups is 1. The molecule has 1 amide bonds. The molecule has 2 aromatic rings. The lowest BCUT2D eigenvalue weighted by molar-refractivity contribution is 0.0499. The van der Waals surface area contributed by atoms with Gasteiger partial charge < -0.3 is 10.1 Å². The Morgan fingerprint density at radius 1 is 1.22 bits per heavy atom. The highest BCUT2D eigenvalue weighted by Crippen LogP contribution is 2.37. The number of hydrogen-bond donors (Lipinski definition) is 1. The molecule has 122 valence electrons. The molecular weight excluding hydrogens is 353 g/mol. The SMILES string of the molecule is O=C(NCC1(c2cccs2)CCOCC1)c1ccc(Cl)c(Cl)c1. The van der Waals surface area contributed by atoms with Gasteiger partial charge in [0.25, 0.3) is 5.91 Å². The van der Waals surface area contributed by atoms with E-state index >= 15 is 0 Å². The first-order valence-corrected chi connectivity index (χ1v) is 9.09. The van der Waals surface area contributed by atoms with Gasteiger partial charge in [-0.05, 0) is 42.5 Å². The van der Waals surface area contributed by atoms with Gasteiger partial charge in [0, 0.05) is 35.6 Å². The van der Waals surface area contributed by atoms with E-state index in [1.54, 1.807) is 29.5 Å². The van der Waals surface area contributed by atoms with E-state index in [9.17, 15) is 4.79 Å². The van der Waals surface area contributed by atoms with Crippen LogP contribution in [0.2, 0.25) is 10.0 Å². The van der Waals surface area contributed by atoms with Crippen LogP contribution in [-0.4, -0.2) is 25.7 Å². The van der Waals surface area contributed by atoms with Crippen LogP contribution in [0, 0.1) is 0 Å². The molecule has 0 unspecified atom stereocenters. The molecule has 6 heteroatoms. The Bertz CT molecular complexity index is 682. The summed E-state index contributed by atoms with van der Waals surface area (Å²) in [5.41, 5.74) is 0.478. The van der Waals surface area contributed by atoms with Crippen molar-refractivity contribution in [3.8, 4) is 0 Å². The summed E-state index contributed by atoms with van der Waals surface area (Å²) < 4.78 is 5.50. The average Bonchev–Trinajstić information content (AvgIpc) is 3.11. The zero-order chi connectivity index (χ0) is 16.3. The highest BCUT2D eigenvalue weighted by atomic mass is 35.5. The predicted octanol–water partition coefficient (Wildman–Crippen LogP) is 4.53. The zero-order valence-electron chi connectivity index (χ0n) is 12.5. The van der Waals surface area contributed by atoms with E-state index in [4.69, 9.17) is 27.9 Å². The van der Waals surface area contributed by atoms with Gasteiger partial charge >= 0.3 is 0 Å². The normalized spacial score (nSPS) is 17.0. The smallest absolute Gasteiger partial charge is 0.251 e. The van der Waals surface area contributed by atoms with E-state index in [2.05, 4.69) is 22.8 Å². The van der Waals surface area contributed by atoms with Crippen molar-refractivity contribution < 1.29 is 9.53 Å². The molecule has 1 aromatic carbocycles. The molecule has 3 rings (SSSR count). The molecule has 0 aliphatic carbocycles. The van der Waals surface area contributed by atoms with Crippen LogP contribution in [0.25, 0.3) is 0 Å². The molecule has 0 atom stereocenters. The van der Waals surface area contributed by atoms with Gasteiger partial charge in [0.2, 0.25) is 0 Å². The second-order valence-electron chi connectivity index (χ2n) is 5.68. The molecule has 1 aliphatic rings. The summed E-state index contributed by atoms with van der Waals surface area (Å²) in [6.07, 6.45) is 1.82. The maximum Gasteiger partial charge on any atom is 0.251 e. The summed E-state index contributed by atoms with van der Waals surface area (Å²) in [6, 6.07) is 9.12. The fourth-order valence-electron chi connectivity index (χ4n) is 2.84. The Balaban J connectivity index is 1.74.